The SMILES string of the molecule is COc1cc2c(cn1)NC1=NCC(C)=C1N=C2c1ccccc1Cl. The molecule has 6 heteroatoms. The van der Waals surface area contributed by atoms with E-state index in [0.717, 1.165) is 39.6 Å². The first kappa shape index (κ1) is 14.9. The second-order valence-electron chi connectivity index (χ2n) is 5.63. The lowest BCUT2D eigenvalue weighted by Crippen LogP contribution is -2.11. The second-order valence-corrected chi connectivity index (χ2v) is 6.04. The minimum absolute atomic E-state index is 0.523. The summed E-state index contributed by atoms with van der Waals surface area (Å²) < 4.78 is 5.28. The zero-order valence-electron chi connectivity index (χ0n) is 13.3. The molecule has 0 unspecified atom stereocenters. The Kier molecular flexibility index (Phi) is 3.58. The summed E-state index contributed by atoms with van der Waals surface area (Å²) in [5.74, 6) is 1.29. The van der Waals surface area contributed by atoms with E-state index < -0.39 is 0 Å². The average Bonchev–Trinajstić information content (AvgIpc) is 2.85. The topological polar surface area (TPSA) is 58.9 Å². The Balaban J connectivity index is 2.01. The number of halogens is 1. The number of benzene rings is 1. The minimum atomic E-state index is 0.523. The monoisotopic (exact) mass is 338 g/mol. The van der Waals surface area contributed by atoms with Crippen LogP contribution in [0.2, 0.25) is 5.02 Å². The van der Waals surface area contributed by atoms with Crippen LogP contribution in [-0.2, 0) is 0 Å². The summed E-state index contributed by atoms with van der Waals surface area (Å²) in [4.78, 5) is 13.7. The number of pyridine rings is 1. The first-order chi connectivity index (χ1) is 11.7. The molecule has 0 radical (unpaired) electrons. The van der Waals surface area contributed by atoms with Gasteiger partial charge in [-0.1, -0.05) is 29.8 Å². The van der Waals surface area contributed by atoms with Gasteiger partial charge in [0, 0.05) is 22.2 Å². The summed E-state index contributed by atoms with van der Waals surface area (Å²) in [6, 6.07) is 9.54. The van der Waals surface area contributed by atoms with Gasteiger partial charge in [0.25, 0.3) is 0 Å². The van der Waals surface area contributed by atoms with E-state index in [4.69, 9.17) is 21.3 Å². The molecule has 4 rings (SSSR count). The van der Waals surface area contributed by atoms with Gasteiger partial charge >= 0.3 is 0 Å². The van der Waals surface area contributed by atoms with Gasteiger partial charge in [-0.2, -0.15) is 0 Å². The standard InChI is InChI=1S/C18H15ClN4O/c1-10-8-21-18-16(10)23-17(11-5-3-4-6-13(11)19)12-7-15(24-2)20-9-14(12)22-18/h3-7,9H,8H2,1-2H3,(H,21,22). The first-order valence-electron chi connectivity index (χ1n) is 7.57. The quantitative estimate of drug-likeness (QED) is 0.908. The third-order valence-electron chi connectivity index (χ3n) is 4.05. The van der Waals surface area contributed by atoms with Crippen LogP contribution in [0.4, 0.5) is 5.69 Å². The van der Waals surface area contributed by atoms with Crippen LogP contribution >= 0.6 is 11.6 Å². The zero-order valence-corrected chi connectivity index (χ0v) is 14.1. The van der Waals surface area contributed by atoms with Crippen molar-refractivity contribution < 1.29 is 4.74 Å². The number of rotatable bonds is 2. The third-order valence-corrected chi connectivity index (χ3v) is 4.38. The van der Waals surface area contributed by atoms with Gasteiger partial charge in [0.2, 0.25) is 5.88 Å². The van der Waals surface area contributed by atoms with Crippen LogP contribution in [0.15, 0.2) is 57.8 Å². The Morgan fingerprint density at radius 3 is 2.83 bits per heavy atom. The van der Waals surface area contributed by atoms with Gasteiger partial charge in [0.15, 0.2) is 5.84 Å². The molecule has 0 atom stereocenters. The lowest BCUT2D eigenvalue weighted by molar-refractivity contribution is 0.398. The first-order valence-corrected chi connectivity index (χ1v) is 7.95. The lowest BCUT2D eigenvalue weighted by Gasteiger charge is -2.12. The highest BCUT2D eigenvalue weighted by atomic mass is 35.5. The van der Waals surface area contributed by atoms with E-state index in [1.54, 1.807) is 13.3 Å². The molecule has 0 aliphatic carbocycles. The van der Waals surface area contributed by atoms with E-state index >= 15 is 0 Å². The summed E-state index contributed by atoms with van der Waals surface area (Å²) in [7, 11) is 1.59. The summed E-state index contributed by atoms with van der Waals surface area (Å²) in [5.41, 5.74) is 5.34. The normalized spacial score (nSPS) is 15.8. The van der Waals surface area contributed by atoms with E-state index in [2.05, 4.69) is 15.3 Å². The molecule has 120 valence electrons. The van der Waals surface area contributed by atoms with Crippen molar-refractivity contribution in [3.8, 4) is 5.88 Å². The number of nitrogens with one attached hydrogen (secondary N) is 1. The highest BCUT2D eigenvalue weighted by molar-refractivity contribution is 6.36. The molecule has 2 aliphatic heterocycles. The van der Waals surface area contributed by atoms with E-state index in [1.165, 1.54) is 0 Å². The van der Waals surface area contributed by atoms with Crippen molar-refractivity contribution in [1.29, 1.82) is 0 Å². The van der Waals surface area contributed by atoms with Gasteiger partial charge in [-0.25, -0.2) is 9.98 Å². The van der Waals surface area contributed by atoms with Gasteiger partial charge < -0.3 is 10.1 Å². The molecule has 0 bridgehead atoms. The Bertz CT molecular complexity index is 930. The molecular weight excluding hydrogens is 324 g/mol. The number of fused-ring (bicyclic) bond motifs is 2. The molecule has 1 aromatic carbocycles. The zero-order chi connectivity index (χ0) is 16.7. The van der Waals surface area contributed by atoms with Crippen molar-refractivity contribution in [2.24, 2.45) is 9.98 Å². The molecule has 0 spiro atoms. The number of methoxy groups -OCH3 is 1. The maximum Gasteiger partial charge on any atom is 0.213 e. The molecule has 1 aromatic heterocycles. The fourth-order valence-electron chi connectivity index (χ4n) is 2.80. The van der Waals surface area contributed by atoms with E-state index in [9.17, 15) is 0 Å². The van der Waals surface area contributed by atoms with Crippen molar-refractivity contribution in [1.82, 2.24) is 4.98 Å². The molecule has 0 saturated heterocycles. The molecule has 0 saturated carbocycles. The van der Waals surface area contributed by atoms with Crippen molar-refractivity contribution in [2.75, 3.05) is 19.0 Å². The van der Waals surface area contributed by atoms with Gasteiger partial charge in [0.1, 0.15) is 5.70 Å². The van der Waals surface area contributed by atoms with Crippen molar-refractivity contribution in [2.45, 2.75) is 6.92 Å². The third kappa shape index (κ3) is 2.37. The van der Waals surface area contributed by atoms with Crippen LogP contribution in [0.3, 0.4) is 0 Å². The molecule has 5 nitrogen and oxygen atoms in total. The van der Waals surface area contributed by atoms with Crippen LogP contribution in [-0.4, -0.2) is 30.2 Å². The summed E-state index contributed by atoms with van der Waals surface area (Å²) in [5, 5.41) is 3.99. The van der Waals surface area contributed by atoms with E-state index in [-0.39, 0.29) is 0 Å². The predicted molar refractivity (Wildman–Crippen MR) is 96.5 cm³/mol. The number of anilines is 1. The molecule has 3 heterocycles. The number of ether oxygens (including phenoxy) is 1. The van der Waals surface area contributed by atoms with Crippen LogP contribution in [0, 0.1) is 0 Å². The molecule has 24 heavy (non-hydrogen) atoms. The second kappa shape index (κ2) is 5.76. The molecule has 0 amide bonds. The molecule has 0 fully saturated rings. The molecular formula is C18H15ClN4O. The Morgan fingerprint density at radius 2 is 2.04 bits per heavy atom. The Morgan fingerprint density at radius 1 is 1.21 bits per heavy atom. The number of hydrogen-bond donors (Lipinski definition) is 1. The van der Waals surface area contributed by atoms with Crippen LogP contribution < -0.4 is 10.1 Å². The van der Waals surface area contributed by atoms with Gasteiger partial charge in [0.05, 0.1) is 31.3 Å². The Hall–Kier alpha value is -2.66. The fourth-order valence-corrected chi connectivity index (χ4v) is 3.02. The summed E-state index contributed by atoms with van der Waals surface area (Å²) in [6.45, 7) is 2.69. The van der Waals surface area contributed by atoms with Crippen molar-refractivity contribution in [3.63, 3.8) is 0 Å². The number of aliphatic imine (C=N–C) groups is 2. The van der Waals surface area contributed by atoms with Crippen LogP contribution in [0.25, 0.3) is 0 Å². The molecule has 1 N–H and O–H groups in total. The van der Waals surface area contributed by atoms with Crippen molar-refractivity contribution >= 4 is 28.8 Å². The maximum atomic E-state index is 6.44. The number of nitrogens with zero attached hydrogens (tertiary/aromatic N) is 3. The molecule has 2 aliphatic rings. The average molecular weight is 339 g/mol. The minimum Gasteiger partial charge on any atom is -0.481 e. The summed E-state index contributed by atoms with van der Waals surface area (Å²) >= 11 is 6.44. The maximum absolute atomic E-state index is 6.44. The largest absolute Gasteiger partial charge is 0.481 e. The predicted octanol–water partition coefficient (Wildman–Crippen LogP) is 3.69. The lowest BCUT2D eigenvalue weighted by atomic mass is 10.0. The van der Waals surface area contributed by atoms with Gasteiger partial charge in [-0.05, 0) is 18.6 Å². The number of aromatic nitrogens is 1. The smallest absolute Gasteiger partial charge is 0.213 e. The van der Waals surface area contributed by atoms with Crippen LogP contribution in [0.5, 0.6) is 5.88 Å². The van der Waals surface area contributed by atoms with Crippen molar-refractivity contribution in [3.05, 3.63) is 63.9 Å². The molecule has 2 aromatic rings. The van der Waals surface area contributed by atoms with Crippen LogP contribution in [0.1, 0.15) is 18.1 Å². The van der Waals surface area contributed by atoms with E-state index in [1.807, 2.05) is 37.3 Å². The van der Waals surface area contributed by atoms with Gasteiger partial charge in [-0.3, -0.25) is 4.99 Å². The van der Waals surface area contributed by atoms with Gasteiger partial charge in [-0.15, -0.1) is 0 Å². The summed E-state index contributed by atoms with van der Waals surface area (Å²) in [6.07, 6.45) is 1.74. The number of hydrogen-bond acceptors (Lipinski definition) is 5. The highest BCUT2D eigenvalue weighted by Crippen LogP contribution is 2.32. The Labute approximate surface area is 144 Å². The highest BCUT2D eigenvalue weighted by Gasteiger charge is 2.26. The number of amidine groups is 1. The van der Waals surface area contributed by atoms with E-state index in [0.29, 0.717) is 17.4 Å². The fraction of sp³-hybridized carbons (Fsp3) is 0.167.